The first-order valence-corrected chi connectivity index (χ1v) is 8.92. The lowest BCUT2D eigenvalue weighted by Crippen LogP contribution is -2.53. The van der Waals surface area contributed by atoms with Crippen molar-refractivity contribution in [2.75, 3.05) is 13.1 Å². The van der Waals surface area contributed by atoms with Gasteiger partial charge in [0.2, 0.25) is 0 Å². The molecule has 4 unspecified atom stereocenters. The number of aliphatic hydroxyl groups is 1. The molecule has 0 amide bonds. The average Bonchev–Trinajstić information content (AvgIpc) is 2.86. The zero-order valence-corrected chi connectivity index (χ0v) is 13.1. The van der Waals surface area contributed by atoms with Gasteiger partial charge in [0.25, 0.3) is 0 Å². The van der Waals surface area contributed by atoms with Crippen molar-refractivity contribution in [2.45, 2.75) is 88.9 Å². The minimum atomic E-state index is -0.0666. The van der Waals surface area contributed by atoms with Crippen LogP contribution in [0.2, 0.25) is 0 Å². The van der Waals surface area contributed by atoms with Gasteiger partial charge in [-0.15, -0.1) is 0 Å². The largest absolute Gasteiger partial charge is 0.391 e. The van der Waals surface area contributed by atoms with Gasteiger partial charge in [0.1, 0.15) is 0 Å². The molecule has 0 radical (unpaired) electrons. The van der Waals surface area contributed by atoms with Gasteiger partial charge in [0.05, 0.1) is 6.10 Å². The molecule has 2 aliphatic carbocycles. The van der Waals surface area contributed by atoms with Crippen LogP contribution in [0.15, 0.2) is 0 Å². The monoisotopic (exact) mass is 280 g/mol. The molecule has 3 rings (SSSR count). The van der Waals surface area contributed by atoms with Crippen molar-refractivity contribution in [1.29, 1.82) is 0 Å². The summed E-state index contributed by atoms with van der Waals surface area (Å²) in [6, 6.07) is 1.94. The highest BCUT2D eigenvalue weighted by atomic mass is 16.3. The Morgan fingerprint density at radius 3 is 2.30 bits per heavy atom. The molecule has 0 aromatic rings. The van der Waals surface area contributed by atoms with Crippen molar-refractivity contribution in [2.24, 2.45) is 5.92 Å². The van der Waals surface area contributed by atoms with E-state index >= 15 is 0 Å². The fraction of sp³-hybridized carbons (Fsp3) is 1.00. The van der Waals surface area contributed by atoms with Crippen molar-refractivity contribution in [1.82, 2.24) is 10.2 Å². The average molecular weight is 280 g/mol. The van der Waals surface area contributed by atoms with Crippen LogP contribution in [0.25, 0.3) is 0 Å². The molecule has 3 aliphatic rings. The molecule has 3 nitrogen and oxygen atoms in total. The Balaban J connectivity index is 1.44. The maximum absolute atomic E-state index is 10.2. The predicted molar refractivity (Wildman–Crippen MR) is 82.8 cm³/mol. The van der Waals surface area contributed by atoms with E-state index in [1.807, 2.05) is 0 Å². The van der Waals surface area contributed by atoms with Gasteiger partial charge in [0, 0.05) is 31.2 Å². The summed E-state index contributed by atoms with van der Waals surface area (Å²) >= 11 is 0. The van der Waals surface area contributed by atoms with Gasteiger partial charge < -0.3 is 10.4 Å². The summed E-state index contributed by atoms with van der Waals surface area (Å²) in [5.41, 5.74) is 0. The Morgan fingerprint density at radius 1 is 0.900 bits per heavy atom. The molecule has 2 saturated carbocycles. The van der Waals surface area contributed by atoms with E-state index in [1.165, 1.54) is 64.5 Å². The molecule has 2 N–H and O–H groups in total. The van der Waals surface area contributed by atoms with Crippen LogP contribution in [0, 0.1) is 5.92 Å². The molecule has 3 fully saturated rings. The van der Waals surface area contributed by atoms with Crippen LogP contribution in [0.5, 0.6) is 0 Å². The van der Waals surface area contributed by atoms with E-state index in [-0.39, 0.29) is 6.10 Å². The molecule has 1 heterocycles. The van der Waals surface area contributed by atoms with Crippen LogP contribution in [0.4, 0.5) is 0 Å². The first-order valence-electron chi connectivity index (χ1n) is 8.92. The lowest BCUT2D eigenvalue weighted by molar-refractivity contribution is 0.00640. The highest BCUT2D eigenvalue weighted by Gasteiger charge is 2.32. The van der Waals surface area contributed by atoms with Gasteiger partial charge in [-0.25, -0.2) is 0 Å². The molecule has 0 bridgehead atoms. The number of hydrogen-bond donors (Lipinski definition) is 2. The second kappa shape index (κ2) is 6.76. The van der Waals surface area contributed by atoms with E-state index in [0.29, 0.717) is 6.04 Å². The van der Waals surface area contributed by atoms with Crippen LogP contribution in [-0.4, -0.2) is 47.3 Å². The normalized spacial score (nSPS) is 41.1. The van der Waals surface area contributed by atoms with Crippen molar-refractivity contribution < 1.29 is 5.11 Å². The third-order valence-electron chi connectivity index (χ3n) is 6.00. The van der Waals surface area contributed by atoms with Gasteiger partial charge in [-0.2, -0.15) is 0 Å². The summed E-state index contributed by atoms with van der Waals surface area (Å²) in [5, 5.41) is 14.1. The zero-order chi connectivity index (χ0) is 13.9. The Morgan fingerprint density at radius 2 is 1.65 bits per heavy atom. The fourth-order valence-electron chi connectivity index (χ4n) is 4.61. The lowest BCUT2D eigenvalue weighted by atomic mass is 9.89. The molecular formula is C17H32N2O. The number of nitrogens with zero attached hydrogens (tertiary/aromatic N) is 1. The van der Waals surface area contributed by atoms with E-state index < -0.39 is 0 Å². The van der Waals surface area contributed by atoms with Crippen LogP contribution in [0.1, 0.15) is 64.7 Å². The number of aliphatic hydroxyl groups excluding tert-OH is 1. The van der Waals surface area contributed by atoms with Crippen molar-refractivity contribution >= 4 is 0 Å². The first-order chi connectivity index (χ1) is 9.74. The van der Waals surface area contributed by atoms with Gasteiger partial charge in [0.15, 0.2) is 0 Å². The van der Waals surface area contributed by atoms with E-state index in [0.717, 1.165) is 24.4 Å². The first kappa shape index (κ1) is 14.8. The highest BCUT2D eigenvalue weighted by molar-refractivity contribution is 4.90. The van der Waals surface area contributed by atoms with Crippen LogP contribution in [0.3, 0.4) is 0 Å². The molecule has 1 aliphatic heterocycles. The summed E-state index contributed by atoms with van der Waals surface area (Å²) in [6.45, 7) is 4.76. The quantitative estimate of drug-likeness (QED) is 0.834. The number of hydrogen-bond acceptors (Lipinski definition) is 3. The Hall–Kier alpha value is -0.120. The molecule has 0 spiro atoms. The van der Waals surface area contributed by atoms with Crippen LogP contribution < -0.4 is 5.32 Å². The molecule has 1 saturated heterocycles. The molecule has 0 aromatic heterocycles. The second-order valence-corrected chi connectivity index (χ2v) is 7.41. The smallest absolute Gasteiger partial charge is 0.0695 e. The minimum absolute atomic E-state index is 0.0666. The van der Waals surface area contributed by atoms with Crippen LogP contribution in [-0.2, 0) is 0 Å². The molecular weight excluding hydrogens is 248 g/mol. The van der Waals surface area contributed by atoms with E-state index in [9.17, 15) is 5.11 Å². The standard InChI is InChI=1S/C17H32N2O/c1-13-5-4-6-15(13)18-14-9-11-19(12-10-14)16-7-2-3-8-17(16)20/h13-18,20H,2-12H2,1H3. The van der Waals surface area contributed by atoms with Crippen molar-refractivity contribution in [3.05, 3.63) is 0 Å². The molecule has 0 aromatic carbocycles. The summed E-state index contributed by atoms with van der Waals surface area (Å²) in [7, 11) is 0. The number of rotatable bonds is 3. The second-order valence-electron chi connectivity index (χ2n) is 7.41. The maximum Gasteiger partial charge on any atom is 0.0695 e. The lowest BCUT2D eigenvalue weighted by Gasteiger charge is -2.42. The van der Waals surface area contributed by atoms with Crippen molar-refractivity contribution in [3.63, 3.8) is 0 Å². The highest BCUT2D eigenvalue weighted by Crippen LogP contribution is 2.28. The topological polar surface area (TPSA) is 35.5 Å². The zero-order valence-electron chi connectivity index (χ0n) is 13.1. The number of likely N-dealkylation sites (tertiary alicyclic amines) is 1. The fourth-order valence-corrected chi connectivity index (χ4v) is 4.61. The van der Waals surface area contributed by atoms with E-state index in [4.69, 9.17) is 0 Å². The summed E-state index contributed by atoms with van der Waals surface area (Å²) in [4.78, 5) is 2.57. The van der Waals surface area contributed by atoms with E-state index in [1.54, 1.807) is 0 Å². The third kappa shape index (κ3) is 3.37. The van der Waals surface area contributed by atoms with Gasteiger partial charge >= 0.3 is 0 Å². The minimum Gasteiger partial charge on any atom is -0.391 e. The summed E-state index contributed by atoms with van der Waals surface area (Å²) < 4.78 is 0. The van der Waals surface area contributed by atoms with Gasteiger partial charge in [-0.1, -0.05) is 26.2 Å². The summed E-state index contributed by atoms with van der Waals surface area (Å²) in [6.07, 6.45) is 11.4. The molecule has 116 valence electrons. The Kier molecular flexibility index (Phi) is 5.00. The third-order valence-corrected chi connectivity index (χ3v) is 6.00. The number of piperidine rings is 1. The number of nitrogens with one attached hydrogen (secondary N) is 1. The van der Waals surface area contributed by atoms with Crippen LogP contribution >= 0.6 is 0 Å². The summed E-state index contributed by atoms with van der Waals surface area (Å²) in [5.74, 6) is 0.869. The van der Waals surface area contributed by atoms with Gasteiger partial charge in [-0.05, 0) is 44.4 Å². The molecule has 20 heavy (non-hydrogen) atoms. The maximum atomic E-state index is 10.2. The molecule has 3 heteroatoms. The van der Waals surface area contributed by atoms with Crippen molar-refractivity contribution in [3.8, 4) is 0 Å². The predicted octanol–water partition coefficient (Wildman–Crippen LogP) is 2.53. The molecule has 4 atom stereocenters. The Labute approximate surface area is 124 Å². The SMILES string of the molecule is CC1CCCC1NC1CCN(C2CCCCC2O)CC1. The van der Waals surface area contributed by atoms with E-state index in [2.05, 4.69) is 17.1 Å². The van der Waals surface area contributed by atoms with Gasteiger partial charge in [-0.3, -0.25) is 4.90 Å². The Bertz CT molecular complexity index is 301.